The molecule has 22 heavy (non-hydrogen) atoms. The third kappa shape index (κ3) is 2.72. The van der Waals surface area contributed by atoms with E-state index >= 15 is 0 Å². The van der Waals surface area contributed by atoms with E-state index in [0.717, 1.165) is 24.2 Å². The number of sulfonamides is 1. The van der Waals surface area contributed by atoms with Crippen LogP contribution in [0.2, 0.25) is 0 Å². The lowest BCUT2D eigenvalue weighted by Gasteiger charge is -2.21. The molecule has 3 rings (SSSR count). The van der Waals surface area contributed by atoms with E-state index in [1.165, 1.54) is 0 Å². The molecular weight excluding hydrogens is 326 g/mol. The van der Waals surface area contributed by atoms with Gasteiger partial charge >= 0.3 is 5.97 Å². The Balaban J connectivity index is 1.75. The first-order chi connectivity index (χ1) is 10.4. The highest BCUT2D eigenvalue weighted by atomic mass is 32.2. The van der Waals surface area contributed by atoms with Crippen molar-refractivity contribution >= 4 is 32.5 Å². The third-order valence-electron chi connectivity index (χ3n) is 4.24. The topological polar surface area (TPSA) is 90.8 Å². The van der Waals surface area contributed by atoms with E-state index in [1.807, 2.05) is 4.90 Å². The summed E-state index contributed by atoms with van der Waals surface area (Å²) < 4.78 is 26.8. The number of carboxylic acids is 1. The van der Waals surface area contributed by atoms with Crippen molar-refractivity contribution in [3.63, 3.8) is 0 Å². The fraction of sp³-hybridized carbons (Fsp3) is 0.692. The summed E-state index contributed by atoms with van der Waals surface area (Å²) in [4.78, 5) is 17.5. The number of aromatic carboxylic acids is 1. The molecule has 7 nitrogen and oxygen atoms in total. The molecule has 2 aliphatic rings. The van der Waals surface area contributed by atoms with Crippen LogP contribution in [0.5, 0.6) is 0 Å². The summed E-state index contributed by atoms with van der Waals surface area (Å²) >= 11 is 1.12. The molecule has 9 heteroatoms. The van der Waals surface area contributed by atoms with E-state index in [4.69, 9.17) is 5.11 Å². The Bertz CT molecular complexity index is 679. The highest BCUT2D eigenvalue weighted by Crippen LogP contribution is 2.31. The number of hydrogen-bond donors (Lipinski definition) is 1. The van der Waals surface area contributed by atoms with Gasteiger partial charge in [0.15, 0.2) is 5.13 Å². The van der Waals surface area contributed by atoms with Gasteiger partial charge in [0.05, 0.1) is 10.9 Å². The van der Waals surface area contributed by atoms with Crippen LogP contribution in [0.25, 0.3) is 0 Å². The van der Waals surface area contributed by atoms with Crippen molar-refractivity contribution in [2.45, 2.75) is 31.4 Å². The molecular formula is C13H19N3O4S2. The molecule has 1 aromatic heterocycles. The second-order valence-electron chi connectivity index (χ2n) is 5.72. The molecule has 2 saturated heterocycles. The monoisotopic (exact) mass is 345 g/mol. The van der Waals surface area contributed by atoms with Gasteiger partial charge in [0, 0.05) is 26.2 Å². The molecule has 122 valence electrons. The second kappa shape index (κ2) is 5.78. The highest BCUT2D eigenvalue weighted by Gasteiger charge is 2.39. The SMILES string of the molecule is Cc1nc(N2CCC(S(=O)(=O)N3CCCC3)C2)sc1C(=O)O. The molecule has 1 N–H and O–H groups in total. The van der Waals surface area contributed by atoms with Crippen LogP contribution in [0.1, 0.15) is 34.6 Å². The predicted molar refractivity (Wildman–Crippen MR) is 84.2 cm³/mol. The fourth-order valence-corrected chi connectivity index (χ4v) is 5.92. The van der Waals surface area contributed by atoms with E-state index < -0.39 is 21.2 Å². The minimum atomic E-state index is -3.25. The lowest BCUT2D eigenvalue weighted by Crippen LogP contribution is -2.38. The van der Waals surface area contributed by atoms with Crippen LogP contribution in [-0.4, -0.2) is 60.2 Å². The zero-order valence-corrected chi connectivity index (χ0v) is 14.0. The average Bonchev–Trinajstić information content (AvgIpc) is 3.19. The fourth-order valence-electron chi connectivity index (χ4n) is 3.01. The largest absolute Gasteiger partial charge is 0.477 e. The summed E-state index contributed by atoms with van der Waals surface area (Å²) in [6, 6.07) is 0. The zero-order chi connectivity index (χ0) is 15.9. The first-order valence-electron chi connectivity index (χ1n) is 7.34. The van der Waals surface area contributed by atoms with Crippen LogP contribution < -0.4 is 4.90 Å². The molecule has 3 heterocycles. The maximum Gasteiger partial charge on any atom is 0.347 e. The molecule has 0 radical (unpaired) electrons. The molecule has 1 aromatic rings. The quantitative estimate of drug-likeness (QED) is 0.880. The maximum atomic E-state index is 12.6. The smallest absolute Gasteiger partial charge is 0.347 e. The van der Waals surface area contributed by atoms with E-state index in [0.29, 0.717) is 43.4 Å². The summed E-state index contributed by atoms with van der Waals surface area (Å²) in [7, 11) is -3.25. The summed E-state index contributed by atoms with van der Waals surface area (Å²) in [5.41, 5.74) is 0.485. The van der Waals surface area contributed by atoms with Gasteiger partial charge < -0.3 is 10.0 Å². The molecule has 1 atom stereocenters. The number of thiazole rings is 1. The van der Waals surface area contributed by atoms with Crippen molar-refractivity contribution in [1.82, 2.24) is 9.29 Å². The molecule has 2 fully saturated rings. The first kappa shape index (κ1) is 15.7. The van der Waals surface area contributed by atoms with Crippen LogP contribution in [-0.2, 0) is 10.0 Å². The predicted octanol–water partition coefficient (Wildman–Crippen LogP) is 1.15. The Morgan fingerprint density at radius 1 is 1.32 bits per heavy atom. The third-order valence-corrected chi connectivity index (χ3v) is 7.76. The van der Waals surface area contributed by atoms with E-state index in [-0.39, 0.29) is 4.88 Å². The van der Waals surface area contributed by atoms with Crippen molar-refractivity contribution in [3.8, 4) is 0 Å². The molecule has 0 aliphatic carbocycles. The van der Waals surface area contributed by atoms with Crippen molar-refractivity contribution < 1.29 is 18.3 Å². The summed E-state index contributed by atoms with van der Waals surface area (Å²) in [6.07, 6.45) is 2.44. The normalized spacial score (nSPS) is 23.3. The van der Waals surface area contributed by atoms with Crippen molar-refractivity contribution in [2.24, 2.45) is 0 Å². The number of hydrogen-bond acceptors (Lipinski definition) is 6. The molecule has 2 aliphatic heterocycles. The van der Waals surface area contributed by atoms with Crippen molar-refractivity contribution in [3.05, 3.63) is 10.6 Å². The molecule has 0 aromatic carbocycles. The Morgan fingerprint density at radius 3 is 2.59 bits per heavy atom. The Kier molecular flexibility index (Phi) is 4.13. The van der Waals surface area contributed by atoms with Gasteiger partial charge in [0.2, 0.25) is 10.0 Å². The lowest BCUT2D eigenvalue weighted by atomic mass is 10.4. The van der Waals surface area contributed by atoms with Crippen LogP contribution in [0.4, 0.5) is 5.13 Å². The van der Waals surface area contributed by atoms with E-state index in [2.05, 4.69) is 4.98 Å². The molecule has 1 unspecified atom stereocenters. The number of rotatable bonds is 4. The number of aryl methyl sites for hydroxylation is 1. The van der Waals surface area contributed by atoms with Gasteiger partial charge in [-0.05, 0) is 26.2 Å². The Hall–Kier alpha value is -1.19. The lowest BCUT2D eigenvalue weighted by molar-refractivity contribution is 0.0701. The highest BCUT2D eigenvalue weighted by molar-refractivity contribution is 7.89. The van der Waals surface area contributed by atoms with Crippen LogP contribution in [0, 0.1) is 6.92 Å². The number of carboxylic acid groups (broad SMARTS) is 1. The van der Waals surface area contributed by atoms with Gasteiger partial charge in [-0.3, -0.25) is 0 Å². The van der Waals surface area contributed by atoms with Crippen LogP contribution in [0.15, 0.2) is 0 Å². The summed E-state index contributed by atoms with van der Waals surface area (Å²) in [6.45, 7) is 3.91. The first-order valence-corrected chi connectivity index (χ1v) is 9.66. The van der Waals surface area contributed by atoms with Gasteiger partial charge in [0.1, 0.15) is 4.88 Å². The Morgan fingerprint density at radius 2 is 2.00 bits per heavy atom. The standard InChI is InChI=1S/C13H19N3O4S2/c1-9-11(12(17)18)21-13(14-9)15-7-4-10(8-15)22(19,20)16-5-2-3-6-16/h10H,2-8H2,1H3,(H,17,18). The minimum absolute atomic E-state index is 0.223. The summed E-state index contributed by atoms with van der Waals surface area (Å²) in [5, 5.41) is 9.29. The number of aromatic nitrogens is 1. The van der Waals surface area contributed by atoms with E-state index in [1.54, 1.807) is 11.2 Å². The average molecular weight is 345 g/mol. The molecule has 0 spiro atoms. The Labute approximate surface area is 133 Å². The maximum absolute atomic E-state index is 12.6. The van der Waals surface area contributed by atoms with Gasteiger partial charge in [-0.25, -0.2) is 22.5 Å². The minimum Gasteiger partial charge on any atom is -0.477 e. The number of nitrogens with zero attached hydrogens (tertiary/aromatic N) is 3. The van der Waals surface area contributed by atoms with Gasteiger partial charge in [-0.1, -0.05) is 11.3 Å². The van der Waals surface area contributed by atoms with Gasteiger partial charge in [-0.15, -0.1) is 0 Å². The van der Waals surface area contributed by atoms with Gasteiger partial charge in [0.25, 0.3) is 0 Å². The molecule has 0 bridgehead atoms. The molecule has 0 saturated carbocycles. The molecule has 0 amide bonds. The van der Waals surface area contributed by atoms with E-state index in [9.17, 15) is 13.2 Å². The zero-order valence-electron chi connectivity index (χ0n) is 12.4. The van der Waals surface area contributed by atoms with Crippen molar-refractivity contribution in [2.75, 3.05) is 31.1 Å². The second-order valence-corrected chi connectivity index (χ2v) is 8.91. The van der Waals surface area contributed by atoms with Crippen LogP contribution >= 0.6 is 11.3 Å². The summed E-state index contributed by atoms with van der Waals surface area (Å²) in [5.74, 6) is -0.985. The van der Waals surface area contributed by atoms with Crippen LogP contribution in [0.3, 0.4) is 0 Å². The number of anilines is 1. The van der Waals surface area contributed by atoms with Gasteiger partial charge in [-0.2, -0.15) is 0 Å². The number of carbonyl (C=O) groups is 1. The van der Waals surface area contributed by atoms with Crippen molar-refractivity contribution in [1.29, 1.82) is 0 Å².